The molecule has 152 valence electrons. The van der Waals surface area contributed by atoms with Crippen LogP contribution in [0.2, 0.25) is 0 Å². The number of nitrogens with zero attached hydrogens (tertiary/aromatic N) is 4. The average molecular weight is 400 g/mol. The zero-order chi connectivity index (χ0) is 20.5. The van der Waals surface area contributed by atoms with Crippen molar-refractivity contribution in [1.82, 2.24) is 30.0 Å². The van der Waals surface area contributed by atoms with E-state index >= 15 is 0 Å². The van der Waals surface area contributed by atoms with Crippen LogP contribution in [0.5, 0.6) is 0 Å². The molecule has 0 bridgehead atoms. The Kier molecular flexibility index (Phi) is 4.90. The summed E-state index contributed by atoms with van der Waals surface area (Å²) in [4.78, 5) is 24.8. The Labute approximate surface area is 174 Å². The fraction of sp³-hybridized carbons (Fsp3) is 0.261. The molecule has 0 amide bonds. The number of benzene rings is 1. The van der Waals surface area contributed by atoms with Crippen molar-refractivity contribution in [2.24, 2.45) is 0 Å². The first-order chi connectivity index (χ1) is 14.7. The number of H-pyrrole nitrogens is 2. The number of hydrogen-bond acceptors (Lipinski definition) is 5. The number of pyridine rings is 1. The number of likely N-dealkylation sites (N-methyl/N-ethyl adjacent to an activating group) is 1. The second kappa shape index (κ2) is 7.85. The summed E-state index contributed by atoms with van der Waals surface area (Å²) in [5.74, 6) is 0. The summed E-state index contributed by atoms with van der Waals surface area (Å²) in [6, 6.07) is 14.1. The van der Waals surface area contributed by atoms with Gasteiger partial charge in [0.1, 0.15) is 0 Å². The molecular weight excluding hydrogens is 376 g/mol. The van der Waals surface area contributed by atoms with Crippen molar-refractivity contribution in [3.05, 3.63) is 70.8 Å². The van der Waals surface area contributed by atoms with Crippen molar-refractivity contribution in [3.63, 3.8) is 0 Å². The quantitative estimate of drug-likeness (QED) is 0.551. The first kappa shape index (κ1) is 18.7. The maximum absolute atomic E-state index is 12.5. The van der Waals surface area contributed by atoms with Gasteiger partial charge in [0.15, 0.2) is 0 Å². The van der Waals surface area contributed by atoms with Crippen LogP contribution in [0.1, 0.15) is 5.56 Å². The van der Waals surface area contributed by atoms with Crippen LogP contribution in [0.4, 0.5) is 0 Å². The van der Waals surface area contributed by atoms with Crippen LogP contribution in [-0.4, -0.2) is 63.2 Å². The van der Waals surface area contributed by atoms with Crippen molar-refractivity contribution < 1.29 is 0 Å². The summed E-state index contributed by atoms with van der Waals surface area (Å²) in [7, 11) is 2.17. The van der Waals surface area contributed by atoms with Gasteiger partial charge >= 0.3 is 0 Å². The molecule has 0 spiro atoms. The number of aromatic nitrogens is 4. The van der Waals surface area contributed by atoms with Crippen molar-refractivity contribution >= 4 is 10.9 Å². The molecule has 2 N–H and O–H groups in total. The molecule has 1 aliphatic heterocycles. The van der Waals surface area contributed by atoms with Gasteiger partial charge in [0, 0.05) is 61.6 Å². The van der Waals surface area contributed by atoms with E-state index in [-0.39, 0.29) is 5.56 Å². The van der Waals surface area contributed by atoms with Crippen LogP contribution in [-0.2, 0) is 6.54 Å². The molecule has 1 saturated heterocycles. The number of rotatable bonds is 4. The Balaban J connectivity index is 1.45. The number of piperazine rings is 1. The van der Waals surface area contributed by atoms with Gasteiger partial charge in [-0.15, -0.1) is 0 Å². The van der Waals surface area contributed by atoms with Crippen LogP contribution in [0.3, 0.4) is 0 Å². The number of hydrogen-bond donors (Lipinski definition) is 2. The first-order valence-electron chi connectivity index (χ1n) is 10.2. The average Bonchev–Trinajstić information content (AvgIpc) is 3.19. The van der Waals surface area contributed by atoms with Crippen LogP contribution < -0.4 is 5.56 Å². The molecule has 0 saturated carbocycles. The molecule has 4 aromatic rings. The standard InChI is InChI=1S/C23H24N6O/c1-28-8-10-29(11-9-28)15-16-2-3-20-18(12-16)13-22(25-20)19-14-21(26-27-23(19)30)17-4-6-24-7-5-17/h2-7,12-14,25H,8-11,15H2,1H3,(H,27,30). The minimum absolute atomic E-state index is 0.211. The Morgan fingerprint density at radius 2 is 1.80 bits per heavy atom. The topological polar surface area (TPSA) is 80.9 Å². The highest BCUT2D eigenvalue weighted by molar-refractivity contribution is 5.86. The maximum atomic E-state index is 12.5. The van der Waals surface area contributed by atoms with E-state index in [1.807, 2.05) is 24.3 Å². The minimum Gasteiger partial charge on any atom is -0.354 e. The Morgan fingerprint density at radius 1 is 1.00 bits per heavy atom. The molecular formula is C23H24N6O. The highest BCUT2D eigenvalue weighted by atomic mass is 16.1. The highest BCUT2D eigenvalue weighted by Crippen LogP contribution is 2.25. The fourth-order valence-electron chi connectivity index (χ4n) is 3.97. The van der Waals surface area contributed by atoms with Crippen LogP contribution in [0.15, 0.2) is 59.7 Å². The lowest BCUT2D eigenvalue weighted by atomic mass is 10.1. The second-order valence-corrected chi connectivity index (χ2v) is 7.92. The normalized spacial score (nSPS) is 15.6. The summed E-state index contributed by atoms with van der Waals surface area (Å²) in [6.07, 6.45) is 3.43. The van der Waals surface area contributed by atoms with E-state index in [1.54, 1.807) is 12.4 Å². The van der Waals surface area contributed by atoms with Gasteiger partial charge in [0.25, 0.3) is 5.56 Å². The van der Waals surface area contributed by atoms with Gasteiger partial charge in [-0.05, 0) is 49.0 Å². The second-order valence-electron chi connectivity index (χ2n) is 7.92. The molecule has 0 aliphatic carbocycles. The fourth-order valence-corrected chi connectivity index (χ4v) is 3.97. The van der Waals surface area contributed by atoms with Crippen molar-refractivity contribution in [2.45, 2.75) is 6.54 Å². The lowest BCUT2D eigenvalue weighted by molar-refractivity contribution is 0.148. The van der Waals surface area contributed by atoms with Crippen molar-refractivity contribution in [3.8, 4) is 22.5 Å². The molecule has 1 aromatic carbocycles. The first-order valence-corrected chi connectivity index (χ1v) is 10.2. The van der Waals surface area contributed by atoms with Crippen molar-refractivity contribution in [2.75, 3.05) is 33.2 Å². The van der Waals surface area contributed by atoms with E-state index in [0.29, 0.717) is 11.3 Å². The monoisotopic (exact) mass is 400 g/mol. The lowest BCUT2D eigenvalue weighted by Crippen LogP contribution is -2.43. The number of fused-ring (bicyclic) bond motifs is 1. The maximum Gasteiger partial charge on any atom is 0.273 e. The molecule has 0 unspecified atom stereocenters. The lowest BCUT2D eigenvalue weighted by Gasteiger charge is -2.32. The van der Waals surface area contributed by atoms with E-state index in [0.717, 1.165) is 54.9 Å². The zero-order valence-corrected chi connectivity index (χ0v) is 16.9. The number of nitrogens with one attached hydrogen (secondary N) is 2. The Hall–Kier alpha value is -3.29. The van der Waals surface area contributed by atoms with Crippen LogP contribution in [0, 0.1) is 0 Å². The van der Waals surface area contributed by atoms with Gasteiger partial charge in [0.05, 0.1) is 17.0 Å². The van der Waals surface area contributed by atoms with Gasteiger partial charge in [-0.1, -0.05) is 6.07 Å². The predicted molar refractivity (Wildman–Crippen MR) is 118 cm³/mol. The summed E-state index contributed by atoms with van der Waals surface area (Å²) in [5, 5.41) is 7.92. The molecule has 30 heavy (non-hydrogen) atoms. The number of aromatic amines is 2. The summed E-state index contributed by atoms with van der Waals surface area (Å²) in [6.45, 7) is 5.36. The zero-order valence-electron chi connectivity index (χ0n) is 16.9. The smallest absolute Gasteiger partial charge is 0.273 e. The molecule has 5 rings (SSSR count). The molecule has 1 aliphatic rings. The summed E-state index contributed by atoms with van der Waals surface area (Å²) in [5.41, 5.74) is 5.09. The molecule has 0 atom stereocenters. The van der Waals surface area contributed by atoms with E-state index in [9.17, 15) is 4.79 Å². The molecule has 0 radical (unpaired) electrons. The molecule has 1 fully saturated rings. The summed E-state index contributed by atoms with van der Waals surface area (Å²) >= 11 is 0. The van der Waals surface area contributed by atoms with Crippen LogP contribution in [0.25, 0.3) is 33.4 Å². The van der Waals surface area contributed by atoms with Crippen LogP contribution >= 0.6 is 0 Å². The molecule has 4 heterocycles. The van der Waals surface area contributed by atoms with Gasteiger partial charge in [-0.3, -0.25) is 14.7 Å². The van der Waals surface area contributed by atoms with Crippen molar-refractivity contribution in [1.29, 1.82) is 0 Å². The summed E-state index contributed by atoms with van der Waals surface area (Å²) < 4.78 is 0. The third kappa shape index (κ3) is 3.77. The molecule has 3 aromatic heterocycles. The van der Waals surface area contributed by atoms with E-state index in [4.69, 9.17) is 0 Å². The highest BCUT2D eigenvalue weighted by Gasteiger charge is 2.15. The Bertz CT molecular complexity index is 1220. The van der Waals surface area contributed by atoms with Gasteiger partial charge in [-0.25, -0.2) is 5.10 Å². The molecule has 7 heteroatoms. The predicted octanol–water partition coefficient (Wildman–Crippen LogP) is 2.73. The third-order valence-electron chi connectivity index (χ3n) is 5.76. The SMILES string of the molecule is CN1CCN(Cc2ccc3[nH]c(-c4cc(-c5ccncc5)n[nH]c4=O)cc3c2)CC1. The largest absolute Gasteiger partial charge is 0.354 e. The van der Waals surface area contributed by atoms with Gasteiger partial charge in [-0.2, -0.15) is 5.10 Å². The third-order valence-corrected chi connectivity index (χ3v) is 5.76. The van der Waals surface area contributed by atoms with E-state index in [1.165, 1.54) is 5.56 Å². The molecule has 7 nitrogen and oxygen atoms in total. The van der Waals surface area contributed by atoms with E-state index in [2.05, 4.69) is 55.2 Å². The van der Waals surface area contributed by atoms with Gasteiger partial charge in [0.2, 0.25) is 0 Å². The Morgan fingerprint density at radius 3 is 2.60 bits per heavy atom. The van der Waals surface area contributed by atoms with Gasteiger partial charge < -0.3 is 9.88 Å². The van der Waals surface area contributed by atoms with E-state index < -0.39 is 0 Å². The minimum atomic E-state index is -0.211.